The number of rotatable bonds is 7. The van der Waals surface area contributed by atoms with Gasteiger partial charge in [-0.3, -0.25) is 9.36 Å². The number of H-pyrrole nitrogens is 1. The van der Waals surface area contributed by atoms with Gasteiger partial charge in [-0.05, 0) is 24.3 Å². The van der Waals surface area contributed by atoms with Crippen LogP contribution in [0.1, 0.15) is 24.5 Å². The summed E-state index contributed by atoms with van der Waals surface area (Å²) in [6, 6.07) is 10.6. The number of carbonyl (C=O) groups is 1. The lowest BCUT2D eigenvalue weighted by atomic mass is 10.2. The molecule has 0 fully saturated rings. The number of aromatic nitrogens is 2. The van der Waals surface area contributed by atoms with E-state index in [1.54, 1.807) is 19.2 Å². The summed E-state index contributed by atoms with van der Waals surface area (Å²) in [5.74, 6) is 1.19. The number of carbonyl (C=O) groups excluding carboxylic acids is 1. The van der Waals surface area contributed by atoms with E-state index in [9.17, 15) is 9.59 Å². The number of hydrogen-bond acceptors (Lipinski definition) is 4. The number of amides is 1. The Morgan fingerprint density at radius 1 is 1.32 bits per heavy atom. The third-order valence-corrected chi connectivity index (χ3v) is 4.03. The number of aryl methyl sites for hydroxylation is 1. The van der Waals surface area contributed by atoms with Crippen molar-refractivity contribution in [3.05, 3.63) is 58.4 Å². The average Bonchev–Trinajstić information content (AvgIpc) is 3.20. The molecule has 0 bridgehead atoms. The van der Waals surface area contributed by atoms with Gasteiger partial charge < -0.3 is 19.5 Å². The Hall–Kier alpha value is -2.80. The van der Waals surface area contributed by atoms with Crippen LogP contribution in [0.15, 0.2) is 45.6 Å². The van der Waals surface area contributed by atoms with Crippen LogP contribution in [-0.4, -0.2) is 29.2 Å². The first-order valence-electron chi connectivity index (χ1n) is 8.16. The highest BCUT2D eigenvalue weighted by atomic mass is 16.5. The van der Waals surface area contributed by atoms with Gasteiger partial charge in [-0.1, -0.05) is 19.1 Å². The SMILES string of the molecule is CCc1ccc([C@H](COC)NC(=O)Cn2c(=O)[nH]c3ccccc32)o1. The first kappa shape index (κ1) is 17.0. The number of para-hydroxylation sites is 2. The third kappa shape index (κ3) is 3.66. The van der Waals surface area contributed by atoms with E-state index in [4.69, 9.17) is 9.15 Å². The lowest BCUT2D eigenvalue weighted by Gasteiger charge is -2.16. The molecule has 0 radical (unpaired) electrons. The smallest absolute Gasteiger partial charge is 0.326 e. The van der Waals surface area contributed by atoms with Gasteiger partial charge in [0.1, 0.15) is 24.1 Å². The van der Waals surface area contributed by atoms with Gasteiger partial charge in [-0.15, -0.1) is 0 Å². The Labute approximate surface area is 144 Å². The second-order valence-electron chi connectivity index (χ2n) is 5.77. The molecular weight excluding hydrogens is 322 g/mol. The summed E-state index contributed by atoms with van der Waals surface area (Å²) in [5, 5.41) is 2.87. The van der Waals surface area contributed by atoms with Crippen molar-refractivity contribution in [3.63, 3.8) is 0 Å². The molecular formula is C18H21N3O4. The van der Waals surface area contributed by atoms with Gasteiger partial charge in [0.05, 0.1) is 17.6 Å². The Kier molecular flexibility index (Phi) is 5.04. The number of methoxy groups -OCH3 is 1. The predicted octanol–water partition coefficient (Wildman–Crippen LogP) is 1.99. The Balaban J connectivity index is 1.77. The molecule has 0 aliphatic rings. The van der Waals surface area contributed by atoms with E-state index in [1.165, 1.54) is 4.57 Å². The van der Waals surface area contributed by atoms with E-state index in [2.05, 4.69) is 10.3 Å². The fourth-order valence-electron chi connectivity index (χ4n) is 2.78. The van der Waals surface area contributed by atoms with Crippen LogP contribution in [0.4, 0.5) is 0 Å². The molecule has 1 atom stereocenters. The summed E-state index contributed by atoms with van der Waals surface area (Å²) in [6.45, 7) is 2.20. The van der Waals surface area contributed by atoms with Gasteiger partial charge in [0.2, 0.25) is 5.91 Å². The van der Waals surface area contributed by atoms with Crippen LogP contribution in [0.25, 0.3) is 11.0 Å². The summed E-state index contributed by atoms with van der Waals surface area (Å²) >= 11 is 0. The van der Waals surface area contributed by atoms with E-state index in [-0.39, 0.29) is 24.7 Å². The molecule has 7 heteroatoms. The first-order chi connectivity index (χ1) is 12.1. The second kappa shape index (κ2) is 7.40. The standard InChI is InChI=1S/C18H21N3O4/c1-3-12-8-9-16(25-12)14(11-24-2)19-17(22)10-21-15-7-5-4-6-13(15)20-18(21)23/h4-9,14H,3,10-11H2,1-2H3,(H,19,22)(H,20,23)/t14-/m0/s1. The van der Waals surface area contributed by atoms with Crippen LogP contribution in [0, 0.1) is 0 Å². The molecule has 2 N–H and O–H groups in total. The molecule has 25 heavy (non-hydrogen) atoms. The maximum atomic E-state index is 12.5. The molecule has 132 valence electrons. The van der Waals surface area contributed by atoms with E-state index in [0.717, 1.165) is 12.2 Å². The molecule has 1 aromatic carbocycles. The number of ether oxygens (including phenoxy) is 1. The van der Waals surface area contributed by atoms with Crippen LogP contribution in [-0.2, 0) is 22.5 Å². The maximum absolute atomic E-state index is 12.5. The molecule has 2 heterocycles. The first-order valence-corrected chi connectivity index (χ1v) is 8.16. The molecule has 0 aliphatic heterocycles. The van der Waals surface area contributed by atoms with Crippen molar-refractivity contribution >= 4 is 16.9 Å². The van der Waals surface area contributed by atoms with Gasteiger partial charge in [-0.2, -0.15) is 0 Å². The summed E-state index contributed by atoms with van der Waals surface area (Å²) in [4.78, 5) is 27.3. The number of benzene rings is 1. The summed E-state index contributed by atoms with van der Waals surface area (Å²) in [7, 11) is 1.56. The fourth-order valence-corrected chi connectivity index (χ4v) is 2.78. The van der Waals surface area contributed by atoms with Gasteiger partial charge in [-0.25, -0.2) is 4.79 Å². The van der Waals surface area contributed by atoms with E-state index >= 15 is 0 Å². The minimum atomic E-state index is -0.404. The van der Waals surface area contributed by atoms with Crippen LogP contribution >= 0.6 is 0 Å². The summed E-state index contributed by atoms with van der Waals surface area (Å²) < 4.78 is 12.3. The predicted molar refractivity (Wildman–Crippen MR) is 93.4 cm³/mol. The highest BCUT2D eigenvalue weighted by Crippen LogP contribution is 2.18. The quantitative estimate of drug-likeness (QED) is 0.686. The lowest BCUT2D eigenvalue weighted by molar-refractivity contribution is -0.123. The van der Waals surface area contributed by atoms with Crippen molar-refractivity contribution in [2.45, 2.75) is 25.9 Å². The zero-order chi connectivity index (χ0) is 17.8. The molecule has 2 aromatic heterocycles. The van der Waals surface area contributed by atoms with Gasteiger partial charge in [0, 0.05) is 13.5 Å². The summed E-state index contributed by atoms with van der Waals surface area (Å²) in [5.41, 5.74) is 1.08. The van der Waals surface area contributed by atoms with E-state index < -0.39 is 6.04 Å². The Morgan fingerprint density at radius 2 is 2.12 bits per heavy atom. The van der Waals surface area contributed by atoms with Crippen molar-refractivity contribution in [2.75, 3.05) is 13.7 Å². The number of aromatic amines is 1. The minimum absolute atomic E-state index is 0.0790. The third-order valence-electron chi connectivity index (χ3n) is 4.03. The molecule has 7 nitrogen and oxygen atoms in total. The van der Waals surface area contributed by atoms with E-state index in [0.29, 0.717) is 16.8 Å². The highest BCUT2D eigenvalue weighted by molar-refractivity contribution is 5.80. The van der Waals surface area contributed by atoms with E-state index in [1.807, 2.05) is 31.2 Å². The number of imidazole rings is 1. The van der Waals surface area contributed by atoms with Gasteiger partial charge in [0.25, 0.3) is 0 Å². The van der Waals surface area contributed by atoms with Crippen molar-refractivity contribution in [2.24, 2.45) is 0 Å². The number of furan rings is 1. The molecule has 3 rings (SSSR count). The molecule has 0 saturated heterocycles. The van der Waals surface area contributed by atoms with Crippen LogP contribution in [0.5, 0.6) is 0 Å². The maximum Gasteiger partial charge on any atom is 0.326 e. The second-order valence-corrected chi connectivity index (χ2v) is 5.77. The number of nitrogens with zero attached hydrogens (tertiary/aromatic N) is 1. The van der Waals surface area contributed by atoms with Crippen LogP contribution in [0.3, 0.4) is 0 Å². The van der Waals surface area contributed by atoms with Crippen molar-refractivity contribution in [3.8, 4) is 0 Å². The number of hydrogen-bond donors (Lipinski definition) is 2. The van der Waals surface area contributed by atoms with Gasteiger partial charge in [0.15, 0.2) is 0 Å². The molecule has 0 unspecified atom stereocenters. The molecule has 0 aliphatic carbocycles. The number of fused-ring (bicyclic) bond motifs is 1. The van der Waals surface area contributed by atoms with Crippen molar-refractivity contribution < 1.29 is 13.9 Å². The van der Waals surface area contributed by atoms with Crippen molar-refractivity contribution in [1.29, 1.82) is 0 Å². The normalized spacial score (nSPS) is 12.4. The highest BCUT2D eigenvalue weighted by Gasteiger charge is 2.19. The molecule has 1 amide bonds. The topological polar surface area (TPSA) is 89.3 Å². The molecule has 0 spiro atoms. The van der Waals surface area contributed by atoms with Crippen LogP contribution in [0.2, 0.25) is 0 Å². The zero-order valence-corrected chi connectivity index (χ0v) is 14.2. The Morgan fingerprint density at radius 3 is 2.84 bits per heavy atom. The Bertz CT molecular complexity index is 922. The fraction of sp³-hybridized carbons (Fsp3) is 0.333. The monoisotopic (exact) mass is 343 g/mol. The van der Waals surface area contributed by atoms with Crippen molar-refractivity contribution in [1.82, 2.24) is 14.9 Å². The molecule has 0 saturated carbocycles. The largest absolute Gasteiger partial charge is 0.464 e. The lowest BCUT2D eigenvalue weighted by Crippen LogP contribution is -2.35. The minimum Gasteiger partial charge on any atom is -0.464 e. The number of nitrogens with one attached hydrogen (secondary N) is 2. The van der Waals surface area contributed by atoms with Gasteiger partial charge >= 0.3 is 5.69 Å². The average molecular weight is 343 g/mol. The zero-order valence-electron chi connectivity index (χ0n) is 14.2. The summed E-state index contributed by atoms with van der Waals surface area (Å²) in [6.07, 6.45) is 0.776. The van der Waals surface area contributed by atoms with Crippen LogP contribution < -0.4 is 11.0 Å². The molecule has 3 aromatic rings.